The number of Topliss-reactive ketones (excluding diaryl/α,β-unsaturated/α-hetero) is 1. The molecule has 0 amide bonds. The summed E-state index contributed by atoms with van der Waals surface area (Å²) in [7, 11) is 0. The van der Waals surface area contributed by atoms with Gasteiger partial charge in [0, 0.05) is 5.56 Å². The monoisotopic (exact) mass is 179 g/mol. The van der Waals surface area contributed by atoms with Crippen LogP contribution in [0.1, 0.15) is 22.8 Å². The van der Waals surface area contributed by atoms with Crippen LogP contribution in [0, 0.1) is 6.92 Å². The second-order valence-corrected chi connectivity index (χ2v) is 3.21. The lowest BCUT2D eigenvalue weighted by Gasteiger charge is -2.05. The zero-order valence-electron chi connectivity index (χ0n) is 7.74. The van der Waals surface area contributed by atoms with Crippen LogP contribution in [0.25, 0.3) is 0 Å². The van der Waals surface area contributed by atoms with Crippen LogP contribution >= 0.6 is 0 Å². The number of hydrogen-bond acceptors (Lipinski definition) is 3. The van der Waals surface area contributed by atoms with E-state index in [0.29, 0.717) is 5.56 Å². The van der Waals surface area contributed by atoms with Gasteiger partial charge in [-0.3, -0.25) is 4.79 Å². The van der Waals surface area contributed by atoms with Crippen LogP contribution in [-0.2, 0) is 0 Å². The van der Waals surface area contributed by atoms with Gasteiger partial charge < -0.3 is 10.8 Å². The van der Waals surface area contributed by atoms with E-state index in [0.717, 1.165) is 5.56 Å². The van der Waals surface area contributed by atoms with Crippen molar-refractivity contribution >= 4 is 5.78 Å². The fourth-order valence-corrected chi connectivity index (χ4v) is 1.17. The quantitative estimate of drug-likeness (QED) is 0.671. The van der Waals surface area contributed by atoms with Gasteiger partial charge in [-0.15, -0.1) is 0 Å². The summed E-state index contributed by atoms with van der Waals surface area (Å²) in [5.74, 6) is -0.0528. The maximum Gasteiger partial charge on any atom is 0.179 e. The summed E-state index contributed by atoms with van der Waals surface area (Å²) in [6.07, 6.45) is 0. The highest BCUT2D eigenvalue weighted by Crippen LogP contribution is 2.15. The molecule has 0 heterocycles. The molecule has 0 saturated heterocycles. The zero-order valence-corrected chi connectivity index (χ0v) is 7.74. The van der Waals surface area contributed by atoms with Gasteiger partial charge in [0.05, 0.1) is 6.04 Å². The van der Waals surface area contributed by atoms with E-state index in [-0.39, 0.29) is 11.5 Å². The van der Waals surface area contributed by atoms with E-state index >= 15 is 0 Å². The summed E-state index contributed by atoms with van der Waals surface area (Å²) in [5.41, 5.74) is 6.75. The van der Waals surface area contributed by atoms with E-state index in [1.165, 1.54) is 6.07 Å². The van der Waals surface area contributed by atoms with Crippen LogP contribution in [-0.4, -0.2) is 16.9 Å². The van der Waals surface area contributed by atoms with Crippen LogP contribution < -0.4 is 5.73 Å². The third-order valence-electron chi connectivity index (χ3n) is 1.76. The predicted molar refractivity (Wildman–Crippen MR) is 50.8 cm³/mol. The van der Waals surface area contributed by atoms with Crippen LogP contribution in [0.3, 0.4) is 0 Å². The second-order valence-electron chi connectivity index (χ2n) is 3.21. The first-order valence-electron chi connectivity index (χ1n) is 4.11. The Kier molecular flexibility index (Phi) is 2.68. The number of phenols is 1. The van der Waals surface area contributed by atoms with Crippen LogP contribution in [0.2, 0.25) is 0 Å². The van der Waals surface area contributed by atoms with Gasteiger partial charge in [-0.2, -0.15) is 0 Å². The molecule has 1 rings (SSSR count). The second kappa shape index (κ2) is 3.58. The third kappa shape index (κ3) is 2.29. The first kappa shape index (κ1) is 9.74. The molecule has 1 unspecified atom stereocenters. The average molecular weight is 179 g/mol. The van der Waals surface area contributed by atoms with Gasteiger partial charge in [0.25, 0.3) is 0 Å². The average Bonchev–Trinajstić information content (AvgIpc) is 2.01. The predicted octanol–water partition coefficient (Wildman–Crippen LogP) is 1.23. The number of nitrogens with two attached hydrogens (primary N) is 1. The molecule has 0 aliphatic heterocycles. The van der Waals surface area contributed by atoms with Gasteiger partial charge >= 0.3 is 0 Å². The van der Waals surface area contributed by atoms with Gasteiger partial charge in [-0.05, 0) is 37.6 Å². The van der Waals surface area contributed by atoms with E-state index in [4.69, 9.17) is 5.73 Å². The topological polar surface area (TPSA) is 63.3 Å². The number of aryl methyl sites for hydroxylation is 1. The van der Waals surface area contributed by atoms with Crippen molar-refractivity contribution in [2.24, 2.45) is 5.73 Å². The molecule has 1 atom stereocenters. The van der Waals surface area contributed by atoms with Crippen molar-refractivity contribution in [3.05, 3.63) is 29.3 Å². The minimum absolute atomic E-state index is 0.101. The minimum atomic E-state index is -0.527. The smallest absolute Gasteiger partial charge is 0.179 e. The number of hydrogen-bond donors (Lipinski definition) is 2. The summed E-state index contributed by atoms with van der Waals surface area (Å²) in [4.78, 5) is 11.4. The maximum atomic E-state index is 11.4. The molecule has 0 bridgehead atoms. The van der Waals surface area contributed by atoms with Crippen molar-refractivity contribution in [1.29, 1.82) is 0 Å². The first-order valence-corrected chi connectivity index (χ1v) is 4.11. The van der Waals surface area contributed by atoms with Crippen LogP contribution in [0.4, 0.5) is 0 Å². The fourth-order valence-electron chi connectivity index (χ4n) is 1.17. The molecule has 0 aliphatic carbocycles. The summed E-state index contributed by atoms with van der Waals surface area (Å²) in [6.45, 7) is 3.44. The molecule has 0 aromatic heterocycles. The molecule has 0 radical (unpaired) electrons. The zero-order chi connectivity index (χ0) is 10.0. The van der Waals surface area contributed by atoms with Gasteiger partial charge in [0.15, 0.2) is 5.78 Å². The number of phenolic OH excluding ortho intramolecular Hbond substituents is 1. The van der Waals surface area contributed by atoms with Crippen LogP contribution in [0.5, 0.6) is 5.75 Å². The van der Waals surface area contributed by atoms with Gasteiger partial charge in [-0.25, -0.2) is 0 Å². The maximum absolute atomic E-state index is 11.4. The molecule has 70 valence electrons. The molecule has 0 saturated carbocycles. The summed E-state index contributed by atoms with van der Waals surface area (Å²) < 4.78 is 0. The lowest BCUT2D eigenvalue weighted by molar-refractivity contribution is 0.0967. The number of ketones is 1. The Bertz CT molecular complexity index is 311. The normalized spacial score (nSPS) is 12.5. The molecule has 1 aromatic rings. The molecule has 3 nitrogen and oxygen atoms in total. The Morgan fingerprint density at radius 2 is 2.08 bits per heavy atom. The highest BCUT2D eigenvalue weighted by atomic mass is 16.3. The van der Waals surface area contributed by atoms with Crippen molar-refractivity contribution in [3.63, 3.8) is 0 Å². The lowest BCUT2D eigenvalue weighted by atomic mass is 10.0. The molecule has 3 N–H and O–H groups in total. The summed E-state index contributed by atoms with van der Waals surface area (Å²) in [6, 6.07) is 4.21. The van der Waals surface area contributed by atoms with Crippen molar-refractivity contribution in [3.8, 4) is 5.75 Å². The Balaban J connectivity index is 3.08. The Morgan fingerprint density at radius 3 is 2.54 bits per heavy atom. The molecule has 0 spiro atoms. The Hall–Kier alpha value is -1.35. The SMILES string of the molecule is Cc1cc(O)cc(C(=O)C(C)N)c1. The van der Waals surface area contributed by atoms with E-state index in [1.807, 2.05) is 6.92 Å². The fraction of sp³-hybridized carbons (Fsp3) is 0.300. The molecule has 3 heteroatoms. The number of rotatable bonds is 2. The Labute approximate surface area is 77.2 Å². The number of aromatic hydroxyl groups is 1. The van der Waals surface area contributed by atoms with E-state index in [2.05, 4.69) is 0 Å². The molecule has 1 aromatic carbocycles. The number of benzene rings is 1. The summed E-state index contributed by atoms with van der Waals surface area (Å²) >= 11 is 0. The van der Waals surface area contributed by atoms with Crippen LogP contribution in [0.15, 0.2) is 18.2 Å². The van der Waals surface area contributed by atoms with Crippen molar-refractivity contribution in [2.75, 3.05) is 0 Å². The highest BCUT2D eigenvalue weighted by molar-refractivity contribution is 6.00. The van der Waals surface area contributed by atoms with E-state index in [9.17, 15) is 9.90 Å². The molecule has 0 aliphatic rings. The van der Waals surface area contributed by atoms with E-state index < -0.39 is 6.04 Å². The summed E-state index contributed by atoms with van der Waals surface area (Å²) in [5, 5.41) is 9.23. The first-order chi connectivity index (χ1) is 6.00. The minimum Gasteiger partial charge on any atom is -0.508 e. The van der Waals surface area contributed by atoms with Gasteiger partial charge in [0.2, 0.25) is 0 Å². The number of carbonyl (C=O) groups is 1. The molecule has 13 heavy (non-hydrogen) atoms. The largest absolute Gasteiger partial charge is 0.508 e. The van der Waals surface area contributed by atoms with Gasteiger partial charge in [0.1, 0.15) is 5.75 Å². The van der Waals surface area contributed by atoms with E-state index in [1.54, 1.807) is 19.1 Å². The van der Waals surface area contributed by atoms with Gasteiger partial charge in [-0.1, -0.05) is 0 Å². The molecular formula is C10H13NO2. The number of carbonyl (C=O) groups excluding carboxylic acids is 1. The highest BCUT2D eigenvalue weighted by Gasteiger charge is 2.11. The van der Waals surface area contributed by atoms with Crippen molar-refractivity contribution in [2.45, 2.75) is 19.9 Å². The lowest BCUT2D eigenvalue weighted by Crippen LogP contribution is -2.26. The van der Waals surface area contributed by atoms with Crippen molar-refractivity contribution < 1.29 is 9.90 Å². The third-order valence-corrected chi connectivity index (χ3v) is 1.76. The standard InChI is InChI=1S/C10H13NO2/c1-6-3-8(5-9(12)4-6)10(13)7(2)11/h3-5,7,12H,11H2,1-2H3. The molecular weight excluding hydrogens is 166 g/mol. The molecule has 0 fully saturated rings. The Morgan fingerprint density at radius 1 is 1.46 bits per heavy atom. The van der Waals surface area contributed by atoms with Crippen molar-refractivity contribution in [1.82, 2.24) is 0 Å².